The topological polar surface area (TPSA) is 92.6 Å². The quantitative estimate of drug-likeness (QED) is 0.384. The van der Waals surface area contributed by atoms with Crippen LogP contribution in [0, 0.1) is 24.0 Å². The molecule has 0 radical (unpaired) electrons. The van der Waals surface area contributed by atoms with Crippen molar-refractivity contribution < 1.29 is 14.5 Å². The van der Waals surface area contributed by atoms with E-state index < -0.39 is 22.4 Å². The smallest absolute Gasteiger partial charge is 0.315 e. The van der Waals surface area contributed by atoms with Crippen molar-refractivity contribution in [1.29, 1.82) is 0 Å². The lowest BCUT2D eigenvalue weighted by Crippen LogP contribution is -2.45. The molecule has 3 aromatic rings. The van der Waals surface area contributed by atoms with Crippen LogP contribution in [-0.2, 0) is 16.9 Å². The molecule has 0 aromatic heterocycles. The van der Waals surface area contributed by atoms with Gasteiger partial charge in [0, 0.05) is 11.6 Å². The van der Waals surface area contributed by atoms with Crippen molar-refractivity contribution in [2.45, 2.75) is 25.9 Å². The number of urea groups is 1. The van der Waals surface area contributed by atoms with E-state index in [9.17, 15) is 19.7 Å². The van der Waals surface area contributed by atoms with E-state index in [2.05, 4.69) is 5.32 Å². The number of aryl methyl sites for hydroxylation is 2. The molecule has 1 atom stereocenters. The fraction of sp³-hybridized carbons (Fsp3) is 0.167. The Hall–Kier alpha value is -4.00. The van der Waals surface area contributed by atoms with Crippen LogP contribution in [0.5, 0.6) is 0 Å². The Labute approximate surface area is 179 Å². The zero-order valence-corrected chi connectivity index (χ0v) is 17.2. The number of rotatable bonds is 5. The maximum Gasteiger partial charge on any atom is 0.325 e. The molecule has 0 bridgehead atoms. The van der Waals surface area contributed by atoms with Gasteiger partial charge in [-0.05, 0) is 36.1 Å². The van der Waals surface area contributed by atoms with Gasteiger partial charge in [-0.25, -0.2) is 4.79 Å². The second kappa shape index (κ2) is 7.68. The van der Waals surface area contributed by atoms with E-state index in [0.717, 1.165) is 16.0 Å². The van der Waals surface area contributed by atoms with Crippen molar-refractivity contribution >= 4 is 17.6 Å². The van der Waals surface area contributed by atoms with Crippen molar-refractivity contribution in [3.05, 3.63) is 111 Å². The van der Waals surface area contributed by atoms with Crippen LogP contribution in [0.2, 0.25) is 0 Å². The number of benzene rings is 3. The summed E-state index contributed by atoms with van der Waals surface area (Å²) in [5.41, 5.74) is 2.09. The van der Waals surface area contributed by atoms with Crippen LogP contribution in [0.15, 0.2) is 72.8 Å². The fourth-order valence-electron chi connectivity index (χ4n) is 3.93. The van der Waals surface area contributed by atoms with E-state index in [-0.39, 0.29) is 12.2 Å². The first-order chi connectivity index (χ1) is 14.8. The molecule has 1 aliphatic rings. The lowest BCUT2D eigenvalue weighted by Gasteiger charge is -2.28. The third-order valence-electron chi connectivity index (χ3n) is 5.77. The zero-order chi connectivity index (χ0) is 22.2. The number of carbonyl (C=O) groups is 2. The standard InChI is InChI=1S/C24H21N3O4/c1-16-12-13-20(14-17(16)2)24(19-9-4-3-5-10-19)22(28)26(23(29)25-24)15-18-8-6-7-11-21(18)27(30)31/h3-14H,15H2,1-2H3,(H,25,29)/t24-/m0/s1. The van der Waals surface area contributed by atoms with Crippen molar-refractivity contribution in [2.24, 2.45) is 0 Å². The highest BCUT2D eigenvalue weighted by atomic mass is 16.6. The first-order valence-corrected chi connectivity index (χ1v) is 9.84. The van der Waals surface area contributed by atoms with E-state index in [0.29, 0.717) is 16.7 Å². The molecule has 1 N–H and O–H groups in total. The summed E-state index contributed by atoms with van der Waals surface area (Å²) in [7, 11) is 0. The van der Waals surface area contributed by atoms with E-state index in [4.69, 9.17) is 0 Å². The van der Waals surface area contributed by atoms with Gasteiger partial charge in [-0.2, -0.15) is 0 Å². The van der Waals surface area contributed by atoms with Gasteiger partial charge in [0.15, 0.2) is 5.54 Å². The lowest BCUT2D eigenvalue weighted by molar-refractivity contribution is -0.385. The Balaban J connectivity index is 1.83. The van der Waals surface area contributed by atoms with Crippen molar-refractivity contribution in [3.63, 3.8) is 0 Å². The van der Waals surface area contributed by atoms with Crippen LogP contribution in [-0.4, -0.2) is 21.8 Å². The number of carbonyl (C=O) groups excluding carboxylic acids is 2. The van der Waals surface area contributed by atoms with Gasteiger partial charge in [-0.1, -0.05) is 66.7 Å². The van der Waals surface area contributed by atoms with Crippen molar-refractivity contribution in [1.82, 2.24) is 10.2 Å². The molecule has 1 aliphatic heterocycles. The molecule has 156 valence electrons. The summed E-state index contributed by atoms with van der Waals surface area (Å²) in [5.74, 6) is -0.467. The molecule has 1 heterocycles. The van der Waals surface area contributed by atoms with Crippen LogP contribution >= 0.6 is 0 Å². The summed E-state index contributed by atoms with van der Waals surface area (Å²) in [4.78, 5) is 38.7. The molecule has 3 amide bonds. The maximum absolute atomic E-state index is 13.8. The molecule has 4 rings (SSSR count). The van der Waals surface area contributed by atoms with Gasteiger partial charge in [0.1, 0.15) is 0 Å². The van der Waals surface area contributed by atoms with Crippen LogP contribution in [0.3, 0.4) is 0 Å². The average molecular weight is 415 g/mol. The van der Waals surface area contributed by atoms with Gasteiger partial charge in [0.05, 0.1) is 11.5 Å². The van der Waals surface area contributed by atoms with E-state index >= 15 is 0 Å². The molecular weight excluding hydrogens is 394 g/mol. The number of imide groups is 1. The van der Waals surface area contributed by atoms with Gasteiger partial charge < -0.3 is 5.32 Å². The molecule has 3 aromatic carbocycles. The summed E-state index contributed by atoms with van der Waals surface area (Å²) in [6.07, 6.45) is 0. The summed E-state index contributed by atoms with van der Waals surface area (Å²) >= 11 is 0. The number of nitrogens with zero attached hydrogens (tertiary/aromatic N) is 2. The number of para-hydroxylation sites is 1. The molecule has 0 unspecified atom stereocenters. The minimum absolute atomic E-state index is 0.133. The number of nitro benzene ring substituents is 1. The highest BCUT2D eigenvalue weighted by Gasteiger charge is 2.53. The first-order valence-electron chi connectivity index (χ1n) is 9.84. The molecule has 1 saturated heterocycles. The fourth-order valence-corrected chi connectivity index (χ4v) is 3.93. The number of hydrogen-bond acceptors (Lipinski definition) is 4. The predicted octanol–water partition coefficient (Wildman–Crippen LogP) is 4.21. The van der Waals surface area contributed by atoms with Gasteiger partial charge in [0.2, 0.25) is 0 Å². The van der Waals surface area contributed by atoms with E-state index in [1.54, 1.807) is 30.3 Å². The van der Waals surface area contributed by atoms with Gasteiger partial charge in [0.25, 0.3) is 11.6 Å². The minimum Gasteiger partial charge on any atom is -0.315 e. The van der Waals surface area contributed by atoms with Crippen LogP contribution in [0.25, 0.3) is 0 Å². The molecular formula is C24H21N3O4. The highest BCUT2D eigenvalue weighted by Crippen LogP contribution is 2.38. The number of nitro groups is 1. The molecule has 1 fully saturated rings. The Bertz CT molecular complexity index is 1190. The second-order valence-corrected chi connectivity index (χ2v) is 7.62. The molecule has 7 heteroatoms. The number of amides is 3. The van der Waals surface area contributed by atoms with E-state index in [1.807, 2.05) is 50.2 Å². The Kier molecular flexibility index (Phi) is 5.02. The SMILES string of the molecule is Cc1ccc([C@]2(c3ccccc3)NC(=O)N(Cc3ccccc3[N+](=O)[O-])C2=O)cc1C. The Morgan fingerprint density at radius 3 is 2.26 bits per heavy atom. The molecule has 0 spiro atoms. The molecule has 0 aliphatic carbocycles. The molecule has 7 nitrogen and oxygen atoms in total. The maximum atomic E-state index is 13.8. The Morgan fingerprint density at radius 1 is 0.903 bits per heavy atom. The van der Waals surface area contributed by atoms with E-state index in [1.165, 1.54) is 6.07 Å². The largest absolute Gasteiger partial charge is 0.325 e. The minimum atomic E-state index is -1.40. The predicted molar refractivity (Wildman–Crippen MR) is 115 cm³/mol. The summed E-state index contributed by atoms with van der Waals surface area (Å²) in [6.45, 7) is 3.73. The number of hydrogen-bond donors (Lipinski definition) is 1. The monoisotopic (exact) mass is 415 g/mol. The normalized spacial score (nSPS) is 18.2. The third-order valence-corrected chi connectivity index (χ3v) is 5.77. The molecule has 31 heavy (non-hydrogen) atoms. The van der Waals surface area contributed by atoms with Crippen LogP contribution in [0.4, 0.5) is 10.5 Å². The van der Waals surface area contributed by atoms with Crippen molar-refractivity contribution in [3.8, 4) is 0 Å². The molecule has 0 saturated carbocycles. The van der Waals surface area contributed by atoms with Crippen LogP contribution < -0.4 is 5.32 Å². The summed E-state index contributed by atoms with van der Waals surface area (Å²) in [6, 6.07) is 20.2. The lowest BCUT2D eigenvalue weighted by atomic mass is 9.81. The highest BCUT2D eigenvalue weighted by molar-refractivity contribution is 6.09. The Morgan fingerprint density at radius 2 is 1.58 bits per heavy atom. The zero-order valence-electron chi connectivity index (χ0n) is 17.2. The summed E-state index contributed by atoms with van der Waals surface area (Å²) < 4.78 is 0. The first kappa shape index (κ1) is 20.3. The average Bonchev–Trinajstić information content (AvgIpc) is 3.02. The van der Waals surface area contributed by atoms with Gasteiger partial charge in [-0.15, -0.1) is 0 Å². The number of nitrogens with one attached hydrogen (secondary N) is 1. The third kappa shape index (κ3) is 3.34. The van der Waals surface area contributed by atoms with Crippen molar-refractivity contribution in [2.75, 3.05) is 0 Å². The summed E-state index contributed by atoms with van der Waals surface area (Å²) in [5, 5.41) is 14.3. The van der Waals surface area contributed by atoms with Gasteiger partial charge in [-0.3, -0.25) is 19.8 Å². The van der Waals surface area contributed by atoms with Crippen LogP contribution in [0.1, 0.15) is 27.8 Å². The van der Waals surface area contributed by atoms with Gasteiger partial charge >= 0.3 is 6.03 Å². The second-order valence-electron chi connectivity index (χ2n) is 7.62.